The maximum Gasteiger partial charge on any atom is 0.342 e. The molecule has 0 unspecified atom stereocenters. The van der Waals surface area contributed by atoms with E-state index in [-0.39, 0.29) is 30.4 Å². The average molecular weight is 461 g/mol. The van der Waals surface area contributed by atoms with Crippen molar-refractivity contribution in [3.8, 4) is 5.75 Å². The van der Waals surface area contributed by atoms with E-state index in [1.54, 1.807) is 36.4 Å². The van der Waals surface area contributed by atoms with Gasteiger partial charge in [0.15, 0.2) is 12.2 Å². The van der Waals surface area contributed by atoms with Crippen LogP contribution in [0.3, 0.4) is 0 Å². The molecule has 0 spiro atoms. The number of carbonyl (C=O) groups is 3. The number of halogens is 1. The van der Waals surface area contributed by atoms with Crippen molar-refractivity contribution in [3.05, 3.63) is 65.2 Å². The molecule has 2 aliphatic heterocycles. The first kappa shape index (κ1) is 22.3. The van der Waals surface area contributed by atoms with E-state index >= 15 is 0 Å². The molecule has 2 fully saturated rings. The van der Waals surface area contributed by atoms with E-state index in [1.807, 2.05) is 0 Å². The minimum absolute atomic E-state index is 0.0864. The third-order valence-corrected chi connectivity index (χ3v) is 5.51. The van der Waals surface area contributed by atoms with Crippen LogP contribution >= 0.6 is 11.6 Å². The summed E-state index contributed by atoms with van der Waals surface area (Å²) in [6.07, 6.45) is -2.49. The third kappa shape index (κ3) is 4.62. The first-order valence-electron chi connectivity index (χ1n) is 10.0. The van der Waals surface area contributed by atoms with Gasteiger partial charge < -0.3 is 23.7 Å². The molecule has 2 heterocycles. The largest absolute Gasteiger partial charge is 0.453 e. The number of benzene rings is 2. The molecule has 0 aliphatic carbocycles. The highest BCUT2D eigenvalue weighted by Gasteiger charge is 2.51. The number of fused-ring (bicyclic) bond motifs is 1. The van der Waals surface area contributed by atoms with Gasteiger partial charge in [0, 0.05) is 12.8 Å². The third-order valence-electron chi connectivity index (χ3n) is 5.22. The van der Waals surface area contributed by atoms with Crippen molar-refractivity contribution in [2.45, 2.75) is 37.2 Å². The maximum absolute atomic E-state index is 12.7. The summed E-state index contributed by atoms with van der Waals surface area (Å²) in [5.41, 5.74) is 1.17. The lowest BCUT2D eigenvalue weighted by atomic mass is 10.1. The van der Waals surface area contributed by atoms with Crippen LogP contribution in [0.2, 0.25) is 0 Å². The zero-order valence-corrected chi connectivity index (χ0v) is 17.9. The molecule has 32 heavy (non-hydrogen) atoms. The Kier molecular flexibility index (Phi) is 6.74. The van der Waals surface area contributed by atoms with Gasteiger partial charge in [0.25, 0.3) is 0 Å². The summed E-state index contributed by atoms with van der Waals surface area (Å²) in [6.45, 7) is 1.45. The molecule has 4 rings (SSSR count). The highest BCUT2D eigenvalue weighted by Crippen LogP contribution is 2.32. The number of para-hydroxylation sites is 1. The summed E-state index contributed by atoms with van der Waals surface area (Å²) in [5.74, 6) is -1.44. The number of rotatable bonds is 6. The zero-order chi connectivity index (χ0) is 22.7. The summed E-state index contributed by atoms with van der Waals surface area (Å²) < 4.78 is 27.7. The van der Waals surface area contributed by atoms with E-state index in [1.165, 1.54) is 19.1 Å². The lowest BCUT2D eigenvalue weighted by Crippen LogP contribution is -2.36. The molecule has 0 N–H and O–H groups in total. The Balaban J connectivity index is 1.40. The van der Waals surface area contributed by atoms with Crippen LogP contribution < -0.4 is 4.74 Å². The minimum atomic E-state index is -0.697. The number of hydrogen-bond donors (Lipinski definition) is 0. The smallest absolute Gasteiger partial charge is 0.342 e. The fourth-order valence-electron chi connectivity index (χ4n) is 3.75. The van der Waals surface area contributed by atoms with Crippen LogP contribution in [0.4, 0.5) is 0 Å². The van der Waals surface area contributed by atoms with Gasteiger partial charge in [-0.25, -0.2) is 9.59 Å². The van der Waals surface area contributed by atoms with Crippen molar-refractivity contribution in [3.63, 3.8) is 0 Å². The summed E-state index contributed by atoms with van der Waals surface area (Å²) in [7, 11) is 0. The number of hydrogen-bond acceptors (Lipinski definition) is 8. The first-order chi connectivity index (χ1) is 15.5. The van der Waals surface area contributed by atoms with Crippen LogP contribution in [-0.4, -0.2) is 55.5 Å². The SMILES string of the molecule is CC(=O)Oc1ccccc1C(=O)O[C@H]1CO[C@H]2[C@@H]1OC[C@H]2OC(=O)c1ccccc1CCl. The molecule has 0 saturated carbocycles. The summed E-state index contributed by atoms with van der Waals surface area (Å²) in [6, 6.07) is 13.2. The van der Waals surface area contributed by atoms with Gasteiger partial charge in [0.2, 0.25) is 0 Å². The van der Waals surface area contributed by atoms with Crippen molar-refractivity contribution in [1.82, 2.24) is 0 Å². The fourth-order valence-corrected chi connectivity index (χ4v) is 3.98. The van der Waals surface area contributed by atoms with Crippen molar-refractivity contribution >= 4 is 29.5 Å². The normalized spacial score (nSPS) is 23.9. The van der Waals surface area contributed by atoms with Crippen molar-refractivity contribution in [2.75, 3.05) is 13.2 Å². The Hall–Kier alpha value is -2.94. The lowest BCUT2D eigenvalue weighted by Gasteiger charge is -2.18. The second-order valence-corrected chi connectivity index (χ2v) is 7.63. The number of carbonyl (C=O) groups excluding carboxylic acids is 3. The standard InChI is InChI=1S/C23H21ClO8/c1-13(25)30-17-9-5-4-8-16(17)23(27)32-19-12-29-20-18(11-28-21(19)20)31-22(26)15-7-3-2-6-14(15)10-24/h2-9,18-21H,10-12H2,1H3/t18-,19+,20-,21-/m1/s1. The first-order valence-corrected chi connectivity index (χ1v) is 10.6. The van der Waals surface area contributed by atoms with Crippen molar-refractivity contribution in [1.29, 1.82) is 0 Å². The molecule has 2 saturated heterocycles. The van der Waals surface area contributed by atoms with Gasteiger partial charge in [-0.3, -0.25) is 4.79 Å². The van der Waals surface area contributed by atoms with Crippen LogP contribution in [-0.2, 0) is 29.6 Å². The van der Waals surface area contributed by atoms with Crippen molar-refractivity contribution < 1.29 is 38.1 Å². The molecule has 0 amide bonds. The fraction of sp³-hybridized carbons (Fsp3) is 0.348. The highest BCUT2D eigenvalue weighted by molar-refractivity contribution is 6.17. The van der Waals surface area contributed by atoms with Gasteiger partial charge in [-0.2, -0.15) is 0 Å². The summed E-state index contributed by atoms with van der Waals surface area (Å²) in [5, 5.41) is 0. The van der Waals surface area contributed by atoms with E-state index < -0.39 is 42.3 Å². The second kappa shape index (κ2) is 9.68. The Labute approximate surface area is 189 Å². The molecular formula is C23H21ClO8. The molecule has 2 aromatic rings. The molecule has 4 atom stereocenters. The molecule has 0 aromatic heterocycles. The lowest BCUT2D eigenvalue weighted by molar-refractivity contribution is -0.131. The maximum atomic E-state index is 12.7. The van der Waals surface area contributed by atoms with Crippen LogP contribution in [0, 0.1) is 0 Å². The molecule has 2 aliphatic rings. The topological polar surface area (TPSA) is 97.4 Å². The van der Waals surface area contributed by atoms with Gasteiger partial charge in [-0.15, -0.1) is 11.6 Å². The Morgan fingerprint density at radius 3 is 2.00 bits per heavy atom. The van der Waals surface area contributed by atoms with Gasteiger partial charge in [-0.1, -0.05) is 30.3 Å². The predicted molar refractivity (Wildman–Crippen MR) is 112 cm³/mol. The molecule has 9 heteroatoms. The van der Waals surface area contributed by atoms with Gasteiger partial charge in [0.05, 0.1) is 18.8 Å². The van der Waals surface area contributed by atoms with Crippen LogP contribution in [0.25, 0.3) is 0 Å². The Bertz CT molecular complexity index is 1020. The van der Waals surface area contributed by atoms with Crippen LogP contribution in [0.1, 0.15) is 33.2 Å². The number of ether oxygens (including phenoxy) is 5. The van der Waals surface area contributed by atoms with E-state index in [0.29, 0.717) is 11.1 Å². The number of esters is 3. The molecular weight excluding hydrogens is 440 g/mol. The highest BCUT2D eigenvalue weighted by atomic mass is 35.5. The van der Waals surface area contributed by atoms with Crippen LogP contribution in [0.15, 0.2) is 48.5 Å². The van der Waals surface area contributed by atoms with E-state index in [9.17, 15) is 14.4 Å². The van der Waals surface area contributed by atoms with Gasteiger partial charge in [0.1, 0.15) is 23.5 Å². The quantitative estimate of drug-likeness (QED) is 0.369. The Morgan fingerprint density at radius 2 is 1.41 bits per heavy atom. The molecule has 8 nitrogen and oxygen atoms in total. The van der Waals surface area contributed by atoms with Gasteiger partial charge >= 0.3 is 17.9 Å². The molecule has 0 radical (unpaired) electrons. The molecule has 2 aromatic carbocycles. The van der Waals surface area contributed by atoms with Crippen molar-refractivity contribution in [2.24, 2.45) is 0 Å². The monoisotopic (exact) mass is 460 g/mol. The Morgan fingerprint density at radius 1 is 0.875 bits per heavy atom. The summed E-state index contributed by atoms with van der Waals surface area (Å²) >= 11 is 5.91. The number of alkyl halides is 1. The second-order valence-electron chi connectivity index (χ2n) is 7.36. The zero-order valence-electron chi connectivity index (χ0n) is 17.2. The summed E-state index contributed by atoms with van der Waals surface area (Å²) in [4.78, 5) is 36.6. The van der Waals surface area contributed by atoms with E-state index in [2.05, 4.69) is 0 Å². The van der Waals surface area contributed by atoms with Gasteiger partial charge in [-0.05, 0) is 23.8 Å². The average Bonchev–Trinajstić information content (AvgIpc) is 3.37. The van der Waals surface area contributed by atoms with E-state index in [4.69, 9.17) is 35.3 Å². The molecule has 0 bridgehead atoms. The van der Waals surface area contributed by atoms with E-state index in [0.717, 1.165) is 0 Å². The molecule has 168 valence electrons. The predicted octanol–water partition coefficient (Wildman–Crippen LogP) is 2.90. The minimum Gasteiger partial charge on any atom is -0.453 e. The van der Waals surface area contributed by atoms with Crippen LogP contribution in [0.5, 0.6) is 5.75 Å².